The average Bonchev–Trinajstić information content (AvgIpc) is 3.33. The molecule has 0 aliphatic carbocycles. The molecule has 3 rings (SSSR count). The van der Waals surface area contributed by atoms with Gasteiger partial charge in [0, 0.05) is 30.7 Å². The third kappa shape index (κ3) is 5.06. The Morgan fingerprint density at radius 1 is 1.23 bits per heavy atom. The van der Waals surface area contributed by atoms with E-state index in [1.807, 2.05) is 36.7 Å². The highest BCUT2D eigenvalue weighted by molar-refractivity contribution is 7.12. The Hall–Kier alpha value is -2.87. The molecule has 7 nitrogen and oxygen atoms in total. The first-order valence-electron chi connectivity index (χ1n) is 8.31. The summed E-state index contributed by atoms with van der Waals surface area (Å²) in [5.74, 6) is 1.25. The largest absolute Gasteiger partial charge is 0.494 e. The molecular formula is C18H20N4O3S. The molecule has 2 heterocycles. The van der Waals surface area contributed by atoms with Crippen LogP contribution in [-0.4, -0.2) is 40.4 Å². The molecule has 2 aromatic heterocycles. The number of nitrogens with zero attached hydrogens (tertiary/aromatic N) is 3. The summed E-state index contributed by atoms with van der Waals surface area (Å²) in [5, 5.41) is 9.77. The summed E-state index contributed by atoms with van der Waals surface area (Å²) in [7, 11) is 0. The van der Waals surface area contributed by atoms with Crippen molar-refractivity contribution in [3.8, 4) is 16.6 Å². The molecule has 136 valence electrons. The van der Waals surface area contributed by atoms with Crippen LogP contribution in [0.25, 0.3) is 5.13 Å². The summed E-state index contributed by atoms with van der Waals surface area (Å²) >= 11 is 1.52. The normalized spacial score (nSPS) is 10.5. The molecule has 0 radical (unpaired) electrons. The van der Waals surface area contributed by atoms with Crippen molar-refractivity contribution in [3.63, 3.8) is 0 Å². The van der Waals surface area contributed by atoms with Crippen LogP contribution in [-0.2, 0) is 11.2 Å². The zero-order valence-corrected chi connectivity index (χ0v) is 15.2. The molecule has 8 heteroatoms. The summed E-state index contributed by atoms with van der Waals surface area (Å²) in [4.78, 5) is 16.4. The molecule has 3 aromatic rings. The van der Waals surface area contributed by atoms with Crippen LogP contribution in [0, 0.1) is 0 Å². The van der Waals surface area contributed by atoms with Crippen LogP contribution in [0.15, 0.2) is 48.1 Å². The number of amides is 1. The second-order valence-electron chi connectivity index (χ2n) is 5.37. The first kappa shape index (κ1) is 17.9. The van der Waals surface area contributed by atoms with E-state index in [9.17, 15) is 4.79 Å². The zero-order chi connectivity index (χ0) is 18.2. The molecule has 1 amide bonds. The van der Waals surface area contributed by atoms with Crippen LogP contribution in [0.2, 0.25) is 0 Å². The molecular weight excluding hydrogens is 352 g/mol. The maximum Gasteiger partial charge on any atom is 0.257 e. The molecule has 0 fully saturated rings. The second kappa shape index (κ2) is 9.00. The molecule has 26 heavy (non-hydrogen) atoms. The summed E-state index contributed by atoms with van der Waals surface area (Å²) in [5.41, 5.74) is 0.924. The monoisotopic (exact) mass is 372 g/mol. The Morgan fingerprint density at radius 2 is 2.00 bits per heavy atom. The maximum atomic E-state index is 11.9. The van der Waals surface area contributed by atoms with E-state index in [-0.39, 0.29) is 12.5 Å². The lowest BCUT2D eigenvalue weighted by Crippen LogP contribution is -2.30. The van der Waals surface area contributed by atoms with Crippen molar-refractivity contribution in [1.82, 2.24) is 20.1 Å². The van der Waals surface area contributed by atoms with Gasteiger partial charge < -0.3 is 14.8 Å². The van der Waals surface area contributed by atoms with Gasteiger partial charge in [0.1, 0.15) is 11.5 Å². The zero-order valence-electron chi connectivity index (χ0n) is 14.4. The SMILES string of the molecule is CCOc1ccc(OCC(=O)NCCc2csc(-n3cccn3)n2)cc1. The summed E-state index contributed by atoms with van der Waals surface area (Å²) in [6.45, 7) is 3.03. The predicted octanol–water partition coefficient (Wildman–Crippen LogP) is 2.47. The Labute approximate surface area is 155 Å². The summed E-state index contributed by atoms with van der Waals surface area (Å²) in [6.07, 6.45) is 4.22. The van der Waals surface area contributed by atoms with Crippen LogP contribution >= 0.6 is 11.3 Å². The third-order valence-corrected chi connectivity index (χ3v) is 4.33. The molecule has 1 N–H and O–H groups in total. The van der Waals surface area contributed by atoms with Crippen LogP contribution in [0.5, 0.6) is 11.5 Å². The summed E-state index contributed by atoms with van der Waals surface area (Å²) in [6, 6.07) is 9.05. The maximum absolute atomic E-state index is 11.9. The number of ether oxygens (including phenoxy) is 2. The molecule has 0 saturated carbocycles. The van der Waals surface area contributed by atoms with Gasteiger partial charge in [-0.25, -0.2) is 9.67 Å². The highest BCUT2D eigenvalue weighted by Gasteiger charge is 2.06. The van der Waals surface area contributed by atoms with Gasteiger partial charge in [0.2, 0.25) is 5.13 Å². The average molecular weight is 372 g/mol. The van der Waals surface area contributed by atoms with Gasteiger partial charge in [0.15, 0.2) is 6.61 Å². The van der Waals surface area contributed by atoms with E-state index in [1.54, 1.807) is 23.0 Å². The van der Waals surface area contributed by atoms with Crippen molar-refractivity contribution in [2.24, 2.45) is 0 Å². The number of carbonyl (C=O) groups excluding carboxylic acids is 1. The van der Waals surface area contributed by atoms with Crippen LogP contribution in [0.1, 0.15) is 12.6 Å². The molecule has 0 aliphatic heterocycles. The van der Waals surface area contributed by atoms with E-state index >= 15 is 0 Å². The number of hydrogen-bond donors (Lipinski definition) is 1. The van der Waals surface area contributed by atoms with E-state index in [0.717, 1.165) is 16.6 Å². The predicted molar refractivity (Wildman–Crippen MR) is 99.1 cm³/mol. The fourth-order valence-corrected chi connectivity index (χ4v) is 3.02. The first-order chi connectivity index (χ1) is 12.7. The molecule has 0 unspecified atom stereocenters. The molecule has 0 saturated heterocycles. The van der Waals surface area contributed by atoms with Crippen molar-refractivity contribution >= 4 is 17.2 Å². The Morgan fingerprint density at radius 3 is 2.69 bits per heavy atom. The third-order valence-electron chi connectivity index (χ3n) is 3.45. The van der Waals surface area contributed by atoms with Gasteiger partial charge in [-0.2, -0.15) is 5.10 Å². The van der Waals surface area contributed by atoms with Gasteiger partial charge in [0.05, 0.1) is 12.3 Å². The fraction of sp³-hybridized carbons (Fsp3) is 0.278. The van der Waals surface area contributed by atoms with E-state index in [1.165, 1.54) is 11.3 Å². The number of rotatable bonds is 9. The summed E-state index contributed by atoms with van der Waals surface area (Å²) < 4.78 is 12.5. The lowest BCUT2D eigenvalue weighted by Gasteiger charge is -2.08. The fourth-order valence-electron chi connectivity index (χ4n) is 2.23. The topological polar surface area (TPSA) is 78.3 Å². The van der Waals surface area contributed by atoms with Crippen molar-refractivity contribution in [2.45, 2.75) is 13.3 Å². The highest BCUT2D eigenvalue weighted by Crippen LogP contribution is 2.17. The van der Waals surface area contributed by atoms with Crippen molar-refractivity contribution < 1.29 is 14.3 Å². The van der Waals surface area contributed by atoms with Crippen molar-refractivity contribution in [1.29, 1.82) is 0 Å². The van der Waals surface area contributed by atoms with Crippen LogP contribution in [0.4, 0.5) is 0 Å². The van der Waals surface area contributed by atoms with Gasteiger partial charge in [-0.3, -0.25) is 4.79 Å². The number of thiazole rings is 1. The van der Waals surface area contributed by atoms with Gasteiger partial charge >= 0.3 is 0 Å². The lowest BCUT2D eigenvalue weighted by atomic mass is 10.3. The van der Waals surface area contributed by atoms with Crippen LogP contribution in [0.3, 0.4) is 0 Å². The number of nitrogens with one attached hydrogen (secondary N) is 1. The van der Waals surface area contributed by atoms with E-state index < -0.39 is 0 Å². The number of aromatic nitrogens is 3. The minimum absolute atomic E-state index is 0.0242. The minimum Gasteiger partial charge on any atom is -0.494 e. The van der Waals surface area contributed by atoms with E-state index in [2.05, 4.69) is 15.4 Å². The molecule has 1 aromatic carbocycles. The lowest BCUT2D eigenvalue weighted by molar-refractivity contribution is -0.123. The van der Waals surface area contributed by atoms with E-state index in [4.69, 9.17) is 9.47 Å². The van der Waals surface area contributed by atoms with Gasteiger partial charge in [-0.05, 0) is 37.3 Å². The molecule has 0 atom stereocenters. The number of hydrogen-bond acceptors (Lipinski definition) is 6. The molecule has 0 aliphatic rings. The first-order valence-corrected chi connectivity index (χ1v) is 9.19. The van der Waals surface area contributed by atoms with Crippen molar-refractivity contribution in [2.75, 3.05) is 19.8 Å². The number of benzene rings is 1. The van der Waals surface area contributed by atoms with Crippen molar-refractivity contribution in [3.05, 3.63) is 53.8 Å². The highest BCUT2D eigenvalue weighted by atomic mass is 32.1. The molecule has 0 spiro atoms. The smallest absolute Gasteiger partial charge is 0.257 e. The van der Waals surface area contributed by atoms with E-state index in [0.29, 0.717) is 25.3 Å². The minimum atomic E-state index is -0.165. The Bertz CT molecular complexity index is 815. The van der Waals surface area contributed by atoms with Gasteiger partial charge in [-0.15, -0.1) is 11.3 Å². The second-order valence-corrected chi connectivity index (χ2v) is 6.20. The molecule has 0 bridgehead atoms. The Balaban J connectivity index is 1.37. The number of carbonyl (C=O) groups is 1. The van der Waals surface area contributed by atoms with Gasteiger partial charge in [0.25, 0.3) is 5.91 Å². The van der Waals surface area contributed by atoms with Gasteiger partial charge in [-0.1, -0.05) is 0 Å². The van der Waals surface area contributed by atoms with Crippen LogP contribution < -0.4 is 14.8 Å². The quantitative estimate of drug-likeness (QED) is 0.624. The Kier molecular flexibility index (Phi) is 6.21. The standard InChI is InChI=1S/C18H20N4O3S/c1-2-24-15-4-6-16(7-5-15)25-12-17(23)19-10-8-14-13-26-18(21-14)22-11-3-9-20-22/h3-7,9,11,13H,2,8,10,12H2,1H3,(H,19,23).